The molecule has 198 valence electrons. The summed E-state index contributed by atoms with van der Waals surface area (Å²) >= 11 is 0. The Hall–Kier alpha value is -1.24. The van der Waals surface area contributed by atoms with Crippen molar-refractivity contribution >= 4 is 11.8 Å². The number of rotatable bonds is 6. The zero-order valence-corrected chi connectivity index (χ0v) is 22.5. The van der Waals surface area contributed by atoms with E-state index in [9.17, 15) is 24.9 Å². The Kier molecular flexibility index (Phi) is 6.86. The fraction of sp³-hybridized carbons (Fsp3) is 0.862. The molecule has 6 nitrogen and oxygen atoms in total. The van der Waals surface area contributed by atoms with Crippen LogP contribution in [0.3, 0.4) is 0 Å². The number of ketones is 1. The van der Waals surface area contributed by atoms with Gasteiger partial charge in [0, 0.05) is 18.3 Å². The Morgan fingerprint density at radius 2 is 1.86 bits per heavy atom. The molecule has 35 heavy (non-hydrogen) atoms. The molecule has 0 radical (unpaired) electrons. The Morgan fingerprint density at radius 3 is 2.49 bits per heavy atom. The van der Waals surface area contributed by atoms with Crippen LogP contribution in [0.25, 0.3) is 0 Å². The van der Waals surface area contributed by atoms with Crippen LogP contribution >= 0.6 is 0 Å². The normalized spacial score (nSPS) is 42.9. The van der Waals surface area contributed by atoms with E-state index in [1.54, 1.807) is 19.9 Å². The van der Waals surface area contributed by atoms with Gasteiger partial charge in [-0.1, -0.05) is 20.8 Å². The van der Waals surface area contributed by atoms with Crippen molar-refractivity contribution in [3.63, 3.8) is 0 Å². The monoisotopic (exact) mass is 490 g/mol. The summed E-state index contributed by atoms with van der Waals surface area (Å²) in [7, 11) is 0. The van der Waals surface area contributed by atoms with Crippen LogP contribution in [0.1, 0.15) is 99.3 Å². The smallest absolute Gasteiger partial charge is 0.302 e. The van der Waals surface area contributed by atoms with Crippen molar-refractivity contribution in [2.75, 3.05) is 0 Å². The van der Waals surface area contributed by atoms with E-state index >= 15 is 0 Å². The maximum absolute atomic E-state index is 13.3. The van der Waals surface area contributed by atoms with Crippen molar-refractivity contribution in [3.8, 4) is 0 Å². The van der Waals surface area contributed by atoms with Crippen LogP contribution in [0.2, 0.25) is 0 Å². The van der Waals surface area contributed by atoms with E-state index in [0.717, 1.165) is 31.3 Å². The molecule has 4 rings (SSSR count). The molecule has 0 aliphatic heterocycles. The van der Waals surface area contributed by atoms with E-state index in [-0.39, 0.29) is 46.9 Å². The summed E-state index contributed by atoms with van der Waals surface area (Å²) in [6.07, 6.45) is 7.35. The first-order valence-corrected chi connectivity index (χ1v) is 13.7. The Balaban J connectivity index is 1.64. The molecule has 4 aliphatic rings. The van der Waals surface area contributed by atoms with Crippen LogP contribution in [-0.4, -0.2) is 50.5 Å². The summed E-state index contributed by atoms with van der Waals surface area (Å²) in [5, 5.41) is 32.9. The van der Waals surface area contributed by atoms with E-state index in [1.807, 2.05) is 0 Å². The third-order valence-electron chi connectivity index (χ3n) is 10.7. The summed E-state index contributed by atoms with van der Waals surface area (Å²) in [4.78, 5) is 25.3. The van der Waals surface area contributed by atoms with Crippen LogP contribution in [-0.2, 0) is 14.3 Å². The first kappa shape index (κ1) is 26.8. The second-order valence-electron chi connectivity index (χ2n) is 13.4. The van der Waals surface area contributed by atoms with Crippen molar-refractivity contribution in [1.29, 1.82) is 0 Å². The minimum absolute atomic E-state index is 0.0184. The lowest BCUT2D eigenvalue weighted by Crippen LogP contribution is -2.59. The number of fused-ring (bicyclic) bond motifs is 5. The molecule has 6 heteroatoms. The molecular formula is C29H46O6. The number of allylic oxidation sites excluding steroid dienone is 1. The summed E-state index contributed by atoms with van der Waals surface area (Å²) < 4.78 is 5.77. The molecule has 0 aromatic heterocycles. The predicted molar refractivity (Wildman–Crippen MR) is 133 cm³/mol. The highest BCUT2D eigenvalue weighted by molar-refractivity contribution is 5.95. The zero-order valence-electron chi connectivity index (χ0n) is 22.5. The predicted octanol–water partition coefficient (Wildman–Crippen LogP) is 4.34. The van der Waals surface area contributed by atoms with Gasteiger partial charge in [-0.3, -0.25) is 9.59 Å². The van der Waals surface area contributed by atoms with Gasteiger partial charge in [0.2, 0.25) is 0 Å². The highest BCUT2D eigenvalue weighted by atomic mass is 16.5. The summed E-state index contributed by atoms with van der Waals surface area (Å²) in [5.74, 6) is -0.115. The van der Waals surface area contributed by atoms with Crippen LogP contribution in [0.15, 0.2) is 11.6 Å². The van der Waals surface area contributed by atoms with E-state index in [1.165, 1.54) is 6.92 Å². The highest BCUT2D eigenvalue weighted by Crippen LogP contribution is 2.68. The lowest BCUT2D eigenvalue weighted by Gasteiger charge is -2.59. The topological polar surface area (TPSA) is 104 Å². The Morgan fingerprint density at radius 1 is 1.17 bits per heavy atom. The molecule has 3 fully saturated rings. The molecule has 0 spiro atoms. The summed E-state index contributed by atoms with van der Waals surface area (Å²) in [6.45, 7) is 11.5. The summed E-state index contributed by atoms with van der Waals surface area (Å²) in [5.41, 5.74) is -1.61. The van der Waals surface area contributed by atoms with Gasteiger partial charge in [-0.25, -0.2) is 0 Å². The number of hydrogen-bond acceptors (Lipinski definition) is 6. The lowest BCUT2D eigenvalue weighted by molar-refractivity contribution is -0.156. The van der Waals surface area contributed by atoms with Gasteiger partial charge in [-0.05, 0) is 106 Å². The van der Waals surface area contributed by atoms with E-state index in [0.29, 0.717) is 32.1 Å². The second kappa shape index (κ2) is 8.95. The maximum Gasteiger partial charge on any atom is 0.302 e. The maximum atomic E-state index is 13.3. The van der Waals surface area contributed by atoms with E-state index < -0.39 is 22.7 Å². The molecule has 0 saturated heterocycles. The van der Waals surface area contributed by atoms with Gasteiger partial charge in [-0.2, -0.15) is 0 Å². The highest BCUT2D eigenvalue weighted by Gasteiger charge is 2.66. The first-order chi connectivity index (χ1) is 16.1. The number of esters is 1. The number of ether oxygens (including phenoxy) is 1. The molecule has 4 aliphatic carbocycles. The van der Waals surface area contributed by atoms with E-state index in [4.69, 9.17) is 4.74 Å². The van der Waals surface area contributed by atoms with Gasteiger partial charge < -0.3 is 20.1 Å². The number of hydrogen-bond donors (Lipinski definition) is 3. The third-order valence-corrected chi connectivity index (χ3v) is 10.7. The average Bonchev–Trinajstić information content (AvgIpc) is 3.03. The third kappa shape index (κ3) is 4.42. The van der Waals surface area contributed by atoms with Gasteiger partial charge in [0.15, 0.2) is 5.78 Å². The first-order valence-electron chi connectivity index (χ1n) is 13.7. The van der Waals surface area contributed by atoms with Crippen molar-refractivity contribution in [1.82, 2.24) is 0 Å². The number of aliphatic hydroxyl groups excluding tert-OH is 1. The van der Waals surface area contributed by atoms with Crippen molar-refractivity contribution in [2.24, 2.45) is 34.5 Å². The molecule has 0 aromatic carbocycles. The van der Waals surface area contributed by atoms with Gasteiger partial charge in [-0.15, -0.1) is 0 Å². The molecule has 3 saturated carbocycles. The average molecular weight is 491 g/mol. The zero-order chi connectivity index (χ0) is 26.0. The fourth-order valence-electron chi connectivity index (χ4n) is 8.60. The number of carbonyl (C=O) groups excluding carboxylic acids is 2. The number of aliphatic hydroxyl groups is 3. The molecule has 9 atom stereocenters. The molecular weight excluding hydrogens is 444 g/mol. The summed E-state index contributed by atoms with van der Waals surface area (Å²) in [6, 6.07) is 0. The quantitative estimate of drug-likeness (QED) is 0.479. The molecule has 0 bridgehead atoms. The van der Waals surface area contributed by atoms with E-state index in [2.05, 4.69) is 20.8 Å². The van der Waals surface area contributed by atoms with Gasteiger partial charge in [0.1, 0.15) is 6.10 Å². The van der Waals surface area contributed by atoms with Crippen LogP contribution < -0.4 is 0 Å². The fourth-order valence-corrected chi connectivity index (χ4v) is 8.60. The minimum Gasteiger partial charge on any atom is -0.462 e. The minimum atomic E-state index is -1.05. The number of carbonyl (C=O) groups is 2. The standard InChI is InChI=1S/C29H46O6/c1-17(25(35-18(2)30)10-11-26(3,4)33)20-9-14-29(34)22-16-24(32)23-15-19(31)7-12-27(23,5)21(22)8-13-28(20,29)6/h16-17,19-21,23,25,31,33-34H,7-15H2,1-6H3/t17-,19-,20+,21-,23-,25+,27+,28+,29+/m0/s1. The largest absolute Gasteiger partial charge is 0.462 e. The second-order valence-corrected chi connectivity index (χ2v) is 13.4. The van der Waals surface area contributed by atoms with Gasteiger partial charge >= 0.3 is 5.97 Å². The lowest BCUT2D eigenvalue weighted by atomic mass is 9.46. The van der Waals surface area contributed by atoms with Crippen LogP contribution in [0, 0.1) is 34.5 Å². The van der Waals surface area contributed by atoms with Crippen molar-refractivity contribution in [2.45, 2.75) is 123 Å². The molecule has 0 amide bonds. The van der Waals surface area contributed by atoms with Crippen molar-refractivity contribution < 1.29 is 29.6 Å². The molecule has 0 aromatic rings. The van der Waals surface area contributed by atoms with Crippen molar-refractivity contribution in [3.05, 3.63) is 11.6 Å². The van der Waals surface area contributed by atoms with Crippen LogP contribution in [0.5, 0.6) is 0 Å². The molecule has 3 N–H and O–H groups in total. The van der Waals surface area contributed by atoms with Crippen LogP contribution in [0.4, 0.5) is 0 Å². The SMILES string of the molecule is CC(=O)O[C@H](CCC(C)(C)O)[C@@H](C)[C@H]1CC[C@@]2(O)C3=CC(=O)[C@@H]4C[C@@H](O)CC[C@]4(C)[C@H]3CC[C@]12C. The Bertz CT molecular complexity index is 888. The molecule has 0 heterocycles. The molecule has 0 unspecified atom stereocenters. The Labute approximate surface area is 210 Å². The van der Waals surface area contributed by atoms with Gasteiger partial charge in [0.05, 0.1) is 17.3 Å². The van der Waals surface area contributed by atoms with Gasteiger partial charge in [0.25, 0.3) is 0 Å².